The third-order valence-electron chi connectivity index (χ3n) is 2.97. The zero-order valence-electron chi connectivity index (χ0n) is 12.9. The molecular weight excluding hydrogens is 388 g/mol. The number of ether oxygens (including phenoxy) is 2. The first kappa shape index (κ1) is 23.5. The van der Waals surface area contributed by atoms with E-state index >= 15 is 0 Å². The lowest BCUT2D eigenvalue weighted by atomic mass is 9.99. The molecule has 0 aromatic heterocycles. The van der Waals surface area contributed by atoms with Crippen molar-refractivity contribution in [3.05, 3.63) is 0 Å². The van der Waals surface area contributed by atoms with Crippen LogP contribution in [-0.2, 0) is 29.7 Å². The van der Waals surface area contributed by atoms with E-state index in [1.807, 2.05) is 0 Å². The second-order valence-corrected chi connectivity index (χ2v) is 8.42. The quantitative estimate of drug-likeness (QED) is 0.413. The van der Waals surface area contributed by atoms with Gasteiger partial charge >= 0.3 is 30.7 Å². The first-order valence-electron chi connectivity index (χ1n) is 6.32. The van der Waals surface area contributed by atoms with Crippen molar-refractivity contribution in [2.45, 2.75) is 49.4 Å². The van der Waals surface area contributed by atoms with Crippen molar-refractivity contribution < 1.29 is 53.0 Å². The molecule has 2 N–H and O–H groups in total. The van der Waals surface area contributed by atoms with Crippen molar-refractivity contribution in [1.29, 1.82) is 0 Å². The van der Waals surface area contributed by atoms with Gasteiger partial charge in [-0.25, -0.2) is 0 Å². The van der Waals surface area contributed by atoms with Gasteiger partial charge in [0, 0.05) is 0 Å². The lowest BCUT2D eigenvalue weighted by Crippen LogP contribution is -2.47. The SMILES string of the molecule is CCC(OCC(F)(F)S(=O)(=O)O)C(C)(C)OCC(F)(F)S(=O)(=O)O. The van der Waals surface area contributed by atoms with Crippen LogP contribution in [0, 0.1) is 0 Å². The molecule has 24 heavy (non-hydrogen) atoms. The van der Waals surface area contributed by atoms with Crippen LogP contribution in [0.2, 0.25) is 0 Å². The van der Waals surface area contributed by atoms with Gasteiger partial charge in [-0.1, -0.05) is 6.92 Å². The van der Waals surface area contributed by atoms with Gasteiger partial charge in [0.2, 0.25) is 0 Å². The minimum absolute atomic E-state index is 0.105. The third kappa shape index (κ3) is 6.07. The lowest BCUT2D eigenvalue weighted by molar-refractivity contribution is -0.170. The molecule has 0 aromatic carbocycles. The normalized spacial score (nSPS) is 16.2. The van der Waals surface area contributed by atoms with Gasteiger partial charge in [-0.3, -0.25) is 9.11 Å². The van der Waals surface area contributed by atoms with E-state index in [4.69, 9.17) is 9.11 Å². The molecule has 0 bridgehead atoms. The topological polar surface area (TPSA) is 127 Å². The van der Waals surface area contributed by atoms with Gasteiger partial charge in [0.1, 0.15) is 13.2 Å². The van der Waals surface area contributed by atoms with Crippen LogP contribution in [0.3, 0.4) is 0 Å². The van der Waals surface area contributed by atoms with Crippen LogP contribution in [-0.4, -0.2) is 61.4 Å². The summed E-state index contributed by atoms with van der Waals surface area (Å²) >= 11 is 0. The largest absolute Gasteiger partial charge is 0.392 e. The summed E-state index contributed by atoms with van der Waals surface area (Å²) in [6, 6.07) is 0. The monoisotopic (exact) mass is 406 g/mol. The zero-order chi connectivity index (χ0) is 19.6. The molecule has 0 aromatic rings. The maximum atomic E-state index is 13.1. The highest BCUT2D eigenvalue weighted by molar-refractivity contribution is 7.87. The summed E-state index contributed by atoms with van der Waals surface area (Å²) in [5, 5.41) is -9.27. The van der Waals surface area contributed by atoms with Crippen LogP contribution in [0.4, 0.5) is 17.6 Å². The average molecular weight is 406 g/mol. The molecule has 0 radical (unpaired) electrons. The van der Waals surface area contributed by atoms with E-state index in [0.29, 0.717) is 0 Å². The Morgan fingerprint density at radius 3 is 1.62 bits per heavy atom. The van der Waals surface area contributed by atoms with Crippen LogP contribution in [0.15, 0.2) is 0 Å². The summed E-state index contributed by atoms with van der Waals surface area (Å²) in [5.41, 5.74) is -1.75. The molecule has 0 amide bonds. The maximum Gasteiger partial charge on any atom is 0.392 e. The fraction of sp³-hybridized carbons (Fsp3) is 1.00. The Hall–Kier alpha value is -0.540. The summed E-state index contributed by atoms with van der Waals surface area (Å²) < 4.78 is 120. The van der Waals surface area contributed by atoms with Crippen molar-refractivity contribution in [1.82, 2.24) is 0 Å². The van der Waals surface area contributed by atoms with Crippen LogP contribution >= 0.6 is 0 Å². The minimum Gasteiger partial charge on any atom is -0.368 e. The molecular formula is C10H18F4O8S2. The molecule has 0 aliphatic carbocycles. The standard InChI is InChI=1S/C10H18F4O8S2/c1-4-7(21-5-9(11,12)23(15,16)17)8(2,3)22-6-10(13,14)24(18,19)20/h7H,4-6H2,1-3H3,(H,15,16,17)(H,18,19,20). The molecule has 0 spiro atoms. The highest BCUT2D eigenvalue weighted by atomic mass is 32.2. The molecule has 1 unspecified atom stereocenters. The Kier molecular flexibility index (Phi) is 7.21. The number of halogens is 4. The lowest BCUT2D eigenvalue weighted by Gasteiger charge is -2.35. The van der Waals surface area contributed by atoms with E-state index in [9.17, 15) is 34.4 Å². The molecule has 0 heterocycles. The highest BCUT2D eigenvalue weighted by Gasteiger charge is 2.48. The summed E-state index contributed by atoms with van der Waals surface area (Å²) in [4.78, 5) is 0. The van der Waals surface area contributed by atoms with Crippen LogP contribution in [0.5, 0.6) is 0 Å². The van der Waals surface area contributed by atoms with Gasteiger partial charge in [-0.2, -0.15) is 34.4 Å². The molecule has 0 aliphatic rings. The number of hydrogen-bond acceptors (Lipinski definition) is 6. The summed E-state index contributed by atoms with van der Waals surface area (Å²) in [6.45, 7) is 0.0289. The molecule has 0 saturated heterocycles. The fourth-order valence-corrected chi connectivity index (χ4v) is 1.94. The third-order valence-corrected chi connectivity index (χ3v) is 4.71. The van der Waals surface area contributed by atoms with Crippen molar-refractivity contribution in [2.75, 3.05) is 13.2 Å². The van der Waals surface area contributed by atoms with E-state index in [1.54, 1.807) is 0 Å². The molecule has 0 aliphatic heterocycles. The van der Waals surface area contributed by atoms with Gasteiger partial charge < -0.3 is 9.47 Å². The Morgan fingerprint density at radius 1 is 0.917 bits per heavy atom. The van der Waals surface area contributed by atoms with E-state index in [0.717, 1.165) is 13.8 Å². The molecule has 8 nitrogen and oxygen atoms in total. The molecule has 146 valence electrons. The van der Waals surface area contributed by atoms with Crippen molar-refractivity contribution in [3.8, 4) is 0 Å². The van der Waals surface area contributed by atoms with Crippen molar-refractivity contribution in [2.24, 2.45) is 0 Å². The Balaban J connectivity index is 5.05. The number of alkyl halides is 4. The summed E-state index contributed by atoms with van der Waals surface area (Å²) in [5.74, 6) is 0. The smallest absolute Gasteiger partial charge is 0.368 e. The Morgan fingerprint density at radius 2 is 1.29 bits per heavy atom. The van der Waals surface area contributed by atoms with Gasteiger partial charge in [0.25, 0.3) is 0 Å². The summed E-state index contributed by atoms with van der Waals surface area (Å²) in [6.07, 6.45) is -1.46. The summed E-state index contributed by atoms with van der Waals surface area (Å²) in [7, 11) is -11.5. The number of hydrogen-bond donors (Lipinski definition) is 2. The van der Waals surface area contributed by atoms with Crippen molar-refractivity contribution in [3.63, 3.8) is 0 Å². The predicted octanol–water partition coefficient (Wildman–Crippen LogP) is 1.54. The second-order valence-electron chi connectivity index (χ2n) is 5.32. The fourth-order valence-electron chi connectivity index (χ4n) is 1.52. The van der Waals surface area contributed by atoms with Gasteiger partial charge in [0.05, 0.1) is 11.7 Å². The van der Waals surface area contributed by atoms with Gasteiger partial charge in [-0.05, 0) is 20.3 Å². The van der Waals surface area contributed by atoms with Crippen LogP contribution in [0.25, 0.3) is 0 Å². The predicted molar refractivity (Wildman–Crippen MR) is 73.1 cm³/mol. The first-order chi connectivity index (χ1) is 10.4. The van der Waals surface area contributed by atoms with Crippen molar-refractivity contribution >= 4 is 20.2 Å². The van der Waals surface area contributed by atoms with Gasteiger partial charge in [0.15, 0.2) is 0 Å². The molecule has 0 saturated carbocycles. The number of rotatable bonds is 10. The van der Waals surface area contributed by atoms with Gasteiger partial charge in [-0.15, -0.1) is 0 Å². The highest BCUT2D eigenvalue weighted by Crippen LogP contribution is 2.29. The van der Waals surface area contributed by atoms with Crippen LogP contribution in [0.1, 0.15) is 27.2 Å². The second kappa shape index (κ2) is 7.37. The molecule has 1 atom stereocenters. The minimum atomic E-state index is -5.74. The van der Waals surface area contributed by atoms with E-state index in [2.05, 4.69) is 9.47 Å². The van der Waals surface area contributed by atoms with E-state index in [-0.39, 0.29) is 6.42 Å². The van der Waals surface area contributed by atoms with Crippen LogP contribution < -0.4 is 0 Å². The molecule has 14 heteroatoms. The molecule has 0 fully saturated rings. The Bertz CT molecular complexity index is 629. The maximum absolute atomic E-state index is 13.1. The van der Waals surface area contributed by atoms with E-state index in [1.165, 1.54) is 6.92 Å². The Labute approximate surface area is 136 Å². The zero-order valence-corrected chi connectivity index (χ0v) is 14.5. The average Bonchev–Trinajstić information content (AvgIpc) is 2.34. The van der Waals surface area contributed by atoms with E-state index < -0.39 is 55.7 Å². The first-order valence-corrected chi connectivity index (χ1v) is 9.20. The molecule has 0 rings (SSSR count).